The van der Waals surface area contributed by atoms with Crippen LogP contribution in [0, 0.1) is 5.92 Å². The summed E-state index contributed by atoms with van der Waals surface area (Å²) in [4.78, 5) is 0. The molecule has 0 N–H and O–H groups in total. The fraction of sp³-hybridized carbons (Fsp3) is 0.308. The van der Waals surface area contributed by atoms with Crippen LogP contribution in [0.1, 0.15) is 25.8 Å². The minimum atomic E-state index is 0.774. The van der Waals surface area contributed by atoms with Crippen LogP contribution in [0.3, 0.4) is 0 Å². The average molecular weight is 189 g/mol. The second-order valence-corrected chi connectivity index (χ2v) is 3.26. The standard InChI is InChI=1S/C13H17O/c1-4-9-14-13-8-6-7-12(10-13)11(3)5-2/h5-8,10H,2,4,9H2,1,3H3. The Balaban J connectivity index is 2.73. The molecule has 0 unspecified atom stereocenters. The summed E-state index contributed by atoms with van der Waals surface area (Å²) in [6.45, 7) is 8.68. The topological polar surface area (TPSA) is 9.23 Å². The zero-order chi connectivity index (χ0) is 10.4. The van der Waals surface area contributed by atoms with E-state index in [-0.39, 0.29) is 0 Å². The highest BCUT2D eigenvalue weighted by Gasteiger charge is 2.02. The third-order valence-electron chi connectivity index (χ3n) is 2.07. The third kappa shape index (κ3) is 2.91. The zero-order valence-electron chi connectivity index (χ0n) is 8.92. The van der Waals surface area contributed by atoms with Crippen LogP contribution in [0.4, 0.5) is 0 Å². The van der Waals surface area contributed by atoms with Gasteiger partial charge in [-0.15, -0.1) is 6.58 Å². The lowest BCUT2D eigenvalue weighted by Gasteiger charge is -2.09. The molecule has 1 nitrogen and oxygen atoms in total. The Morgan fingerprint density at radius 2 is 2.29 bits per heavy atom. The van der Waals surface area contributed by atoms with E-state index in [1.807, 2.05) is 31.2 Å². The maximum atomic E-state index is 5.54. The number of benzene rings is 1. The summed E-state index contributed by atoms with van der Waals surface area (Å²) in [6.07, 6.45) is 2.90. The molecule has 0 spiro atoms. The van der Waals surface area contributed by atoms with Crippen LogP contribution in [0.2, 0.25) is 0 Å². The van der Waals surface area contributed by atoms with Crippen LogP contribution in [-0.2, 0) is 0 Å². The SMILES string of the molecule is C=C[C](C)c1cccc(OCCC)c1. The van der Waals surface area contributed by atoms with E-state index >= 15 is 0 Å². The number of allylic oxidation sites excluding steroid dienone is 1. The predicted molar refractivity (Wildman–Crippen MR) is 60.4 cm³/mol. The normalized spacial score (nSPS) is 10.2. The van der Waals surface area contributed by atoms with Gasteiger partial charge >= 0.3 is 0 Å². The molecule has 0 atom stereocenters. The first-order valence-corrected chi connectivity index (χ1v) is 4.97. The van der Waals surface area contributed by atoms with E-state index in [2.05, 4.69) is 19.6 Å². The van der Waals surface area contributed by atoms with Gasteiger partial charge in [0.05, 0.1) is 6.61 Å². The van der Waals surface area contributed by atoms with Crippen LogP contribution < -0.4 is 4.74 Å². The van der Waals surface area contributed by atoms with Crippen molar-refractivity contribution in [1.29, 1.82) is 0 Å². The molecule has 14 heavy (non-hydrogen) atoms. The van der Waals surface area contributed by atoms with Gasteiger partial charge in [-0.2, -0.15) is 0 Å². The van der Waals surface area contributed by atoms with Crippen molar-refractivity contribution < 1.29 is 4.74 Å². The van der Waals surface area contributed by atoms with Gasteiger partial charge in [-0.25, -0.2) is 0 Å². The lowest BCUT2D eigenvalue weighted by molar-refractivity contribution is 0.317. The van der Waals surface area contributed by atoms with Crippen molar-refractivity contribution in [3.63, 3.8) is 0 Å². The lowest BCUT2D eigenvalue weighted by Crippen LogP contribution is -1.96. The van der Waals surface area contributed by atoms with Gasteiger partial charge in [0, 0.05) is 5.92 Å². The smallest absolute Gasteiger partial charge is 0.119 e. The summed E-state index contributed by atoms with van der Waals surface area (Å²) in [7, 11) is 0. The highest BCUT2D eigenvalue weighted by atomic mass is 16.5. The van der Waals surface area contributed by atoms with Gasteiger partial charge in [0.1, 0.15) is 5.75 Å². The molecule has 0 aliphatic heterocycles. The molecule has 0 saturated heterocycles. The maximum absolute atomic E-state index is 5.54. The zero-order valence-corrected chi connectivity index (χ0v) is 8.92. The largest absolute Gasteiger partial charge is 0.494 e. The van der Waals surface area contributed by atoms with E-state index in [1.54, 1.807) is 0 Å². The number of hydrogen-bond donors (Lipinski definition) is 0. The van der Waals surface area contributed by atoms with Crippen molar-refractivity contribution in [2.45, 2.75) is 20.3 Å². The first-order chi connectivity index (χ1) is 6.77. The molecule has 0 heterocycles. The highest BCUT2D eigenvalue weighted by molar-refractivity contribution is 5.40. The molecular formula is C13H17O. The Morgan fingerprint density at radius 3 is 2.93 bits per heavy atom. The summed E-state index contributed by atoms with van der Waals surface area (Å²) >= 11 is 0. The molecule has 0 amide bonds. The maximum Gasteiger partial charge on any atom is 0.119 e. The molecule has 0 fully saturated rings. The van der Waals surface area contributed by atoms with E-state index in [1.165, 1.54) is 11.5 Å². The van der Waals surface area contributed by atoms with Crippen molar-refractivity contribution in [3.05, 3.63) is 48.4 Å². The lowest BCUT2D eigenvalue weighted by atomic mass is 10.0. The quantitative estimate of drug-likeness (QED) is 0.687. The summed E-state index contributed by atoms with van der Waals surface area (Å²) in [5.41, 5.74) is 1.17. The fourth-order valence-corrected chi connectivity index (χ4v) is 1.17. The number of rotatable bonds is 5. The Labute approximate surface area is 86.4 Å². The van der Waals surface area contributed by atoms with E-state index in [0.29, 0.717) is 0 Å². The molecule has 0 bridgehead atoms. The molecule has 0 aromatic heterocycles. The van der Waals surface area contributed by atoms with E-state index in [0.717, 1.165) is 18.8 Å². The average Bonchev–Trinajstić information content (AvgIpc) is 2.25. The fourth-order valence-electron chi connectivity index (χ4n) is 1.17. The first-order valence-electron chi connectivity index (χ1n) is 4.97. The van der Waals surface area contributed by atoms with Crippen LogP contribution in [0.15, 0.2) is 36.9 Å². The minimum Gasteiger partial charge on any atom is -0.494 e. The predicted octanol–water partition coefficient (Wildman–Crippen LogP) is 3.60. The first kappa shape index (κ1) is 10.8. The molecule has 0 aliphatic rings. The van der Waals surface area contributed by atoms with Crippen molar-refractivity contribution in [2.75, 3.05) is 6.61 Å². The molecule has 0 aliphatic carbocycles. The second kappa shape index (κ2) is 5.48. The summed E-state index contributed by atoms with van der Waals surface area (Å²) < 4.78 is 5.54. The van der Waals surface area contributed by atoms with Gasteiger partial charge in [-0.1, -0.05) is 32.1 Å². The van der Waals surface area contributed by atoms with Gasteiger partial charge in [0.2, 0.25) is 0 Å². The second-order valence-electron chi connectivity index (χ2n) is 3.26. The van der Waals surface area contributed by atoms with Crippen LogP contribution in [-0.4, -0.2) is 6.61 Å². The molecule has 1 rings (SSSR count). The number of hydrogen-bond acceptors (Lipinski definition) is 1. The van der Waals surface area contributed by atoms with Crippen molar-refractivity contribution in [1.82, 2.24) is 0 Å². The summed E-state index contributed by atoms with van der Waals surface area (Å²) in [5, 5.41) is 0. The van der Waals surface area contributed by atoms with E-state index < -0.39 is 0 Å². The van der Waals surface area contributed by atoms with Crippen molar-refractivity contribution in [3.8, 4) is 5.75 Å². The van der Waals surface area contributed by atoms with Crippen LogP contribution in [0.25, 0.3) is 0 Å². The third-order valence-corrected chi connectivity index (χ3v) is 2.07. The summed E-state index contributed by atoms with van der Waals surface area (Å²) in [5.74, 6) is 2.11. The molecular weight excluding hydrogens is 172 g/mol. The molecule has 1 aromatic rings. The Bertz CT molecular complexity index is 291. The van der Waals surface area contributed by atoms with Crippen LogP contribution in [0.5, 0.6) is 5.75 Å². The molecule has 1 aromatic carbocycles. The molecule has 1 heteroatoms. The number of ether oxygens (including phenoxy) is 1. The van der Waals surface area contributed by atoms with Crippen molar-refractivity contribution in [2.24, 2.45) is 0 Å². The molecule has 1 radical (unpaired) electrons. The van der Waals surface area contributed by atoms with Gasteiger partial charge in [-0.05, 0) is 24.1 Å². The Hall–Kier alpha value is -1.24. The molecule has 75 valence electrons. The molecule has 0 saturated carbocycles. The minimum absolute atomic E-state index is 0.774. The monoisotopic (exact) mass is 189 g/mol. The van der Waals surface area contributed by atoms with Crippen LogP contribution >= 0.6 is 0 Å². The Kier molecular flexibility index (Phi) is 4.24. The van der Waals surface area contributed by atoms with E-state index in [9.17, 15) is 0 Å². The Morgan fingerprint density at radius 1 is 1.50 bits per heavy atom. The summed E-state index contributed by atoms with van der Waals surface area (Å²) in [6, 6.07) is 8.10. The van der Waals surface area contributed by atoms with Gasteiger partial charge in [-0.3, -0.25) is 0 Å². The van der Waals surface area contributed by atoms with Crippen molar-refractivity contribution >= 4 is 0 Å². The van der Waals surface area contributed by atoms with Gasteiger partial charge < -0.3 is 4.74 Å². The van der Waals surface area contributed by atoms with E-state index in [4.69, 9.17) is 4.74 Å². The highest BCUT2D eigenvalue weighted by Crippen LogP contribution is 2.20. The van der Waals surface area contributed by atoms with Gasteiger partial charge in [0.25, 0.3) is 0 Å². The van der Waals surface area contributed by atoms with Gasteiger partial charge in [0.15, 0.2) is 0 Å².